The zero-order chi connectivity index (χ0) is 12.9. The van der Waals surface area contributed by atoms with E-state index in [0.29, 0.717) is 5.09 Å². The Morgan fingerprint density at radius 3 is 2.82 bits per heavy atom. The molecule has 1 heterocycles. The summed E-state index contributed by atoms with van der Waals surface area (Å²) in [6, 6.07) is 5.35. The maximum atomic E-state index is 10.6. The van der Waals surface area contributed by atoms with Crippen LogP contribution < -0.4 is 0 Å². The second kappa shape index (κ2) is 5.78. The van der Waals surface area contributed by atoms with Gasteiger partial charge in [0, 0.05) is 5.75 Å². The van der Waals surface area contributed by atoms with Crippen molar-refractivity contribution in [3.05, 3.63) is 17.9 Å². The van der Waals surface area contributed by atoms with Gasteiger partial charge in [-0.05, 0) is 38.8 Å². The molecule has 1 N–H and O–H groups in total. The van der Waals surface area contributed by atoms with Crippen molar-refractivity contribution in [1.29, 1.82) is 5.26 Å². The highest BCUT2D eigenvalue weighted by atomic mass is 32.2. The molecule has 17 heavy (non-hydrogen) atoms. The topological polar surface area (TPSA) is 74.2 Å². The fourth-order valence-electron chi connectivity index (χ4n) is 1.26. The zero-order valence-electron chi connectivity index (χ0n) is 9.90. The number of hydrogen-bond donors (Lipinski definition) is 1. The molecule has 1 aromatic rings. The molecular weight excluding hydrogens is 238 g/mol. The van der Waals surface area contributed by atoms with Crippen LogP contribution in [0.2, 0.25) is 0 Å². The van der Waals surface area contributed by atoms with E-state index in [2.05, 4.69) is 6.07 Å². The molecule has 0 aromatic carbocycles. The lowest BCUT2D eigenvalue weighted by molar-refractivity contribution is 0.0656. The zero-order valence-corrected chi connectivity index (χ0v) is 10.7. The highest BCUT2D eigenvalue weighted by Crippen LogP contribution is 2.26. The van der Waals surface area contributed by atoms with Crippen molar-refractivity contribution in [2.75, 3.05) is 5.75 Å². The minimum absolute atomic E-state index is 0.0372. The second-order valence-corrected chi connectivity index (χ2v) is 5.47. The molecule has 0 saturated heterocycles. The molecule has 4 nitrogen and oxygen atoms in total. The third-order valence-electron chi connectivity index (χ3n) is 2.29. The molecule has 5 heteroatoms. The molecular formula is C12H15NO3S. The quantitative estimate of drug-likeness (QED) is 0.621. The van der Waals surface area contributed by atoms with Crippen molar-refractivity contribution in [1.82, 2.24) is 0 Å². The molecule has 0 unspecified atom stereocenters. The Labute approximate surface area is 105 Å². The average molecular weight is 253 g/mol. The molecule has 0 aliphatic carbocycles. The first-order valence-corrected chi connectivity index (χ1v) is 6.30. The minimum Gasteiger partial charge on any atom is -0.475 e. The van der Waals surface area contributed by atoms with Crippen LogP contribution >= 0.6 is 11.8 Å². The van der Waals surface area contributed by atoms with E-state index in [1.54, 1.807) is 6.07 Å². The third-order valence-corrected chi connectivity index (χ3v) is 3.28. The lowest BCUT2D eigenvalue weighted by Crippen LogP contribution is -2.07. The van der Waals surface area contributed by atoms with Crippen molar-refractivity contribution in [2.45, 2.75) is 31.8 Å². The summed E-state index contributed by atoms with van der Waals surface area (Å²) in [6.07, 6.45) is 1.72. The van der Waals surface area contributed by atoms with Gasteiger partial charge < -0.3 is 9.52 Å². The maximum absolute atomic E-state index is 10.6. The summed E-state index contributed by atoms with van der Waals surface area (Å²) in [5.74, 6) is -0.273. The van der Waals surface area contributed by atoms with Crippen LogP contribution in [0.5, 0.6) is 0 Å². The highest BCUT2D eigenvalue weighted by Gasteiger charge is 2.16. The number of carboxylic acid groups (broad SMARTS) is 1. The van der Waals surface area contributed by atoms with Gasteiger partial charge in [0.1, 0.15) is 0 Å². The van der Waals surface area contributed by atoms with Gasteiger partial charge in [-0.3, -0.25) is 0 Å². The van der Waals surface area contributed by atoms with Gasteiger partial charge in [0.25, 0.3) is 0 Å². The number of carboxylic acids is 1. The third kappa shape index (κ3) is 4.53. The highest BCUT2D eigenvalue weighted by molar-refractivity contribution is 7.99. The van der Waals surface area contributed by atoms with E-state index in [1.807, 2.05) is 13.8 Å². The Morgan fingerprint density at radius 2 is 2.29 bits per heavy atom. The van der Waals surface area contributed by atoms with E-state index in [-0.39, 0.29) is 11.2 Å². The molecule has 1 rings (SSSR count). The molecule has 0 aliphatic rings. The van der Waals surface area contributed by atoms with E-state index in [4.69, 9.17) is 14.8 Å². The van der Waals surface area contributed by atoms with Gasteiger partial charge in [0.2, 0.25) is 5.76 Å². The number of nitrogens with zero attached hydrogens (tertiary/aromatic N) is 1. The van der Waals surface area contributed by atoms with Crippen LogP contribution in [0.3, 0.4) is 0 Å². The smallest absolute Gasteiger partial charge is 0.371 e. The number of thioether (sulfide) groups is 1. The Hall–Kier alpha value is -1.41. The number of carbonyl (C=O) groups is 1. The molecule has 0 amide bonds. The van der Waals surface area contributed by atoms with Gasteiger partial charge in [0.05, 0.1) is 11.5 Å². The summed E-state index contributed by atoms with van der Waals surface area (Å²) >= 11 is 1.47. The minimum atomic E-state index is -1.05. The Morgan fingerprint density at radius 1 is 1.59 bits per heavy atom. The largest absolute Gasteiger partial charge is 0.475 e. The van der Waals surface area contributed by atoms with Crippen LogP contribution in [-0.2, 0) is 0 Å². The Kier molecular flexibility index (Phi) is 4.64. The summed E-state index contributed by atoms with van der Waals surface area (Å²) in [4.78, 5) is 10.6. The number of furan rings is 1. The summed E-state index contributed by atoms with van der Waals surface area (Å²) in [7, 11) is 0. The number of hydrogen-bond acceptors (Lipinski definition) is 4. The monoisotopic (exact) mass is 253 g/mol. The summed E-state index contributed by atoms with van der Waals surface area (Å²) in [5.41, 5.74) is -0.296. The van der Waals surface area contributed by atoms with Gasteiger partial charge in [-0.15, -0.1) is 0 Å². The van der Waals surface area contributed by atoms with Crippen LogP contribution in [-0.4, -0.2) is 16.8 Å². The molecule has 0 atom stereocenters. The molecule has 1 aromatic heterocycles. The van der Waals surface area contributed by atoms with Gasteiger partial charge >= 0.3 is 5.97 Å². The number of nitriles is 1. The van der Waals surface area contributed by atoms with Crippen molar-refractivity contribution in [3.63, 3.8) is 0 Å². The van der Waals surface area contributed by atoms with E-state index < -0.39 is 5.97 Å². The molecule has 0 spiro atoms. The predicted octanol–water partition coefficient (Wildman–Crippen LogP) is 3.40. The van der Waals surface area contributed by atoms with Crippen LogP contribution in [0.1, 0.15) is 37.2 Å². The molecule has 0 aliphatic heterocycles. The van der Waals surface area contributed by atoms with E-state index in [9.17, 15) is 4.79 Å². The van der Waals surface area contributed by atoms with Crippen LogP contribution in [0.15, 0.2) is 21.6 Å². The van der Waals surface area contributed by atoms with Crippen molar-refractivity contribution in [2.24, 2.45) is 5.41 Å². The molecule has 0 saturated carbocycles. The molecule has 0 radical (unpaired) electrons. The fraction of sp³-hybridized carbons (Fsp3) is 0.500. The number of rotatable bonds is 6. The molecule has 0 fully saturated rings. The first kappa shape index (κ1) is 13.7. The lowest BCUT2D eigenvalue weighted by Gasteiger charge is -2.13. The predicted molar refractivity (Wildman–Crippen MR) is 65.0 cm³/mol. The molecule has 0 bridgehead atoms. The average Bonchev–Trinajstić information content (AvgIpc) is 2.73. The van der Waals surface area contributed by atoms with E-state index in [1.165, 1.54) is 17.8 Å². The standard InChI is InChI=1S/C12H15NO3S/c1-12(2,8-13)6-3-7-17-10-5-4-9(16-10)11(14)15/h4-5H,3,6-7H2,1-2H3,(H,14,15). The second-order valence-electron chi connectivity index (χ2n) is 4.37. The first-order valence-electron chi connectivity index (χ1n) is 5.32. The summed E-state index contributed by atoms with van der Waals surface area (Å²) in [6.45, 7) is 3.82. The van der Waals surface area contributed by atoms with Gasteiger partial charge in [-0.1, -0.05) is 11.8 Å². The SMILES string of the molecule is CC(C)(C#N)CCCSc1ccc(C(=O)O)o1. The summed E-state index contributed by atoms with van der Waals surface area (Å²) < 4.78 is 5.10. The fourth-order valence-corrected chi connectivity index (χ4v) is 2.06. The van der Waals surface area contributed by atoms with Gasteiger partial charge in [-0.25, -0.2) is 4.79 Å². The van der Waals surface area contributed by atoms with E-state index >= 15 is 0 Å². The van der Waals surface area contributed by atoms with Crippen LogP contribution in [0.25, 0.3) is 0 Å². The van der Waals surface area contributed by atoms with E-state index in [0.717, 1.165) is 18.6 Å². The van der Waals surface area contributed by atoms with Gasteiger partial charge in [-0.2, -0.15) is 5.26 Å². The van der Waals surface area contributed by atoms with Crippen LogP contribution in [0.4, 0.5) is 0 Å². The maximum Gasteiger partial charge on any atom is 0.371 e. The van der Waals surface area contributed by atoms with Crippen molar-refractivity contribution in [3.8, 4) is 6.07 Å². The summed E-state index contributed by atoms with van der Waals surface area (Å²) in [5, 5.41) is 18.1. The van der Waals surface area contributed by atoms with Crippen molar-refractivity contribution >= 4 is 17.7 Å². The Balaban J connectivity index is 2.32. The van der Waals surface area contributed by atoms with Crippen LogP contribution in [0, 0.1) is 16.7 Å². The number of aromatic carboxylic acids is 1. The first-order chi connectivity index (χ1) is 7.94. The lowest BCUT2D eigenvalue weighted by atomic mass is 9.90. The van der Waals surface area contributed by atoms with Crippen molar-refractivity contribution < 1.29 is 14.3 Å². The van der Waals surface area contributed by atoms with Gasteiger partial charge in [0.15, 0.2) is 5.09 Å². The Bertz CT molecular complexity index is 431. The molecule has 92 valence electrons. The normalized spacial score (nSPS) is 11.1.